The maximum Gasteiger partial charge on any atom is 0.213 e. The van der Waals surface area contributed by atoms with E-state index in [9.17, 15) is 0 Å². The van der Waals surface area contributed by atoms with Gasteiger partial charge in [0, 0.05) is 24.3 Å². The molecule has 1 heterocycles. The van der Waals surface area contributed by atoms with Gasteiger partial charge in [0.25, 0.3) is 0 Å². The van der Waals surface area contributed by atoms with Gasteiger partial charge in [0.2, 0.25) is 5.88 Å². The third-order valence-corrected chi connectivity index (χ3v) is 1.96. The van der Waals surface area contributed by atoms with Crippen molar-refractivity contribution in [2.45, 2.75) is 13.0 Å². The molecule has 0 spiro atoms. The van der Waals surface area contributed by atoms with E-state index >= 15 is 0 Å². The normalized spacial score (nSPS) is 12.6. The highest BCUT2D eigenvalue weighted by atomic mass is 16.5. The highest BCUT2D eigenvalue weighted by molar-refractivity contribution is 5.27. The van der Waals surface area contributed by atoms with Crippen LogP contribution in [0.4, 0.5) is 0 Å². The molecular formula is C9H15N3O. The number of aryl methyl sites for hydroxylation is 1. The molecule has 4 N–H and O–H groups in total. The fourth-order valence-electron chi connectivity index (χ4n) is 1.18. The summed E-state index contributed by atoms with van der Waals surface area (Å²) < 4.78 is 4.98. The van der Waals surface area contributed by atoms with Crippen molar-refractivity contribution >= 4 is 0 Å². The Morgan fingerprint density at radius 2 is 2.23 bits per heavy atom. The lowest BCUT2D eigenvalue weighted by atomic mass is 10.1. The van der Waals surface area contributed by atoms with E-state index < -0.39 is 0 Å². The molecule has 0 aliphatic carbocycles. The molecule has 0 aliphatic heterocycles. The zero-order chi connectivity index (χ0) is 9.84. The molecule has 4 nitrogen and oxygen atoms in total. The Morgan fingerprint density at radius 3 is 2.69 bits per heavy atom. The van der Waals surface area contributed by atoms with Gasteiger partial charge < -0.3 is 16.2 Å². The Balaban J connectivity index is 2.98. The number of methoxy groups -OCH3 is 1. The van der Waals surface area contributed by atoms with Crippen molar-refractivity contribution in [2.24, 2.45) is 11.5 Å². The van der Waals surface area contributed by atoms with Crippen LogP contribution in [-0.4, -0.2) is 18.6 Å². The van der Waals surface area contributed by atoms with Crippen LogP contribution in [0.2, 0.25) is 0 Å². The second-order valence-electron chi connectivity index (χ2n) is 2.87. The number of aromatic nitrogens is 1. The predicted octanol–water partition coefficient (Wildman–Crippen LogP) is 0.357. The fourth-order valence-corrected chi connectivity index (χ4v) is 1.18. The first kappa shape index (κ1) is 9.95. The number of nitrogens with two attached hydrogens (primary N) is 2. The SMILES string of the molecule is COc1ccc(C(N)CN)c(C)n1. The van der Waals surface area contributed by atoms with Crippen LogP contribution in [0.3, 0.4) is 0 Å². The second-order valence-corrected chi connectivity index (χ2v) is 2.87. The molecule has 0 aliphatic rings. The van der Waals surface area contributed by atoms with E-state index in [-0.39, 0.29) is 6.04 Å². The van der Waals surface area contributed by atoms with Crippen molar-refractivity contribution in [3.05, 3.63) is 23.4 Å². The van der Waals surface area contributed by atoms with Crippen LogP contribution in [0.25, 0.3) is 0 Å². The van der Waals surface area contributed by atoms with E-state index in [1.165, 1.54) is 0 Å². The summed E-state index contributed by atoms with van der Waals surface area (Å²) >= 11 is 0. The van der Waals surface area contributed by atoms with Crippen LogP contribution in [0, 0.1) is 6.92 Å². The molecule has 0 amide bonds. The van der Waals surface area contributed by atoms with Gasteiger partial charge in [-0.05, 0) is 12.5 Å². The quantitative estimate of drug-likeness (QED) is 0.706. The fraction of sp³-hybridized carbons (Fsp3) is 0.444. The standard InChI is InChI=1S/C9H15N3O/c1-6-7(8(11)5-10)3-4-9(12-6)13-2/h3-4,8H,5,10-11H2,1-2H3. The van der Waals surface area contributed by atoms with Crippen LogP contribution < -0.4 is 16.2 Å². The Kier molecular flexibility index (Phi) is 3.22. The van der Waals surface area contributed by atoms with E-state index in [1.807, 2.05) is 13.0 Å². The van der Waals surface area contributed by atoms with Crippen molar-refractivity contribution in [3.63, 3.8) is 0 Å². The van der Waals surface area contributed by atoms with E-state index in [1.54, 1.807) is 13.2 Å². The van der Waals surface area contributed by atoms with Gasteiger partial charge in [-0.3, -0.25) is 0 Å². The highest BCUT2D eigenvalue weighted by Gasteiger charge is 2.08. The van der Waals surface area contributed by atoms with E-state index in [0.717, 1.165) is 11.3 Å². The first-order valence-corrected chi connectivity index (χ1v) is 4.16. The smallest absolute Gasteiger partial charge is 0.213 e. The second kappa shape index (κ2) is 4.20. The number of hydrogen-bond donors (Lipinski definition) is 2. The lowest BCUT2D eigenvalue weighted by Crippen LogP contribution is -2.21. The molecule has 13 heavy (non-hydrogen) atoms. The average Bonchev–Trinajstić information content (AvgIpc) is 2.16. The van der Waals surface area contributed by atoms with Crippen LogP contribution >= 0.6 is 0 Å². The van der Waals surface area contributed by atoms with Gasteiger partial charge in [-0.1, -0.05) is 6.07 Å². The molecule has 1 atom stereocenters. The highest BCUT2D eigenvalue weighted by Crippen LogP contribution is 2.16. The molecule has 0 saturated heterocycles. The molecule has 0 fully saturated rings. The number of nitrogens with zero attached hydrogens (tertiary/aromatic N) is 1. The molecule has 0 aromatic carbocycles. The van der Waals surface area contributed by atoms with Gasteiger partial charge in [-0.15, -0.1) is 0 Å². The van der Waals surface area contributed by atoms with E-state index in [4.69, 9.17) is 16.2 Å². The van der Waals surface area contributed by atoms with Crippen LogP contribution in [0.1, 0.15) is 17.3 Å². The van der Waals surface area contributed by atoms with E-state index in [2.05, 4.69) is 4.98 Å². The third kappa shape index (κ3) is 2.17. The van der Waals surface area contributed by atoms with Gasteiger partial charge >= 0.3 is 0 Å². The summed E-state index contributed by atoms with van der Waals surface area (Å²) in [7, 11) is 1.59. The summed E-state index contributed by atoms with van der Waals surface area (Å²) in [6, 6.07) is 3.55. The Morgan fingerprint density at radius 1 is 1.54 bits per heavy atom. The summed E-state index contributed by atoms with van der Waals surface area (Å²) in [5.41, 5.74) is 13.1. The van der Waals surface area contributed by atoms with Crippen molar-refractivity contribution in [3.8, 4) is 5.88 Å². The van der Waals surface area contributed by atoms with Gasteiger partial charge in [0.05, 0.1) is 7.11 Å². The lowest BCUT2D eigenvalue weighted by molar-refractivity contribution is 0.396. The van der Waals surface area contributed by atoms with Crippen molar-refractivity contribution in [1.29, 1.82) is 0 Å². The first-order chi connectivity index (χ1) is 6.19. The van der Waals surface area contributed by atoms with Gasteiger partial charge in [-0.25, -0.2) is 4.98 Å². The van der Waals surface area contributed by atoms with Gasteiger partial charge in [0.15, 0.2) is 0 Å². The summed E-state index contributed by atoms with van der Waals surface area (Å²) in [5.74, 6) is 0.602. The minimum absolute atomic E-state index is 0.140. The maximum absolute atomic E-state index is 5.78. The van der Waals surface area contributed by atoms with Gasteiger partial charge in [-0.2, -0.15) is 0 Å². The largest absolute Gasteiger partial charge is 0.481 e. The molecule has 1 aromatic rings. The number of pyridine rings is 1. The number of hydrogen-bond acceptors (Lipinski definition) is 4. The zero-order valence-electron chi connectivity index (χ0n) is 7.95. The summed E-state index contributed by atoms with van der Waals surface area (Å²) in [4.78, 5) is 4.20. The molecule has 1 rings (SSSR count). The zero-order valence-corrected chi connectivity index (χ0v) is 7.95. The van der Waals surface area contributed by atoms with Crippen molar-refractivity contribution < 1.29 is 4.74 Å². The molecule has 0 saturated carbocycles. The molecule has 1 unspecified atom stereocenters. The molecule has 0 radical (unpaired) electrons. The predicted molar refractivity (Wildman–Crippen MR) is 51.5 cm³/mol. The number of ether oxygens (including phenoxy) is 1. The van der Waals surface area contributed by atoms with Crippen LogP contribution in [-0.2, 0) is 0 Å². The lowest BCUT2D eigenvalue weighted by Gasteiger charge is -2.12. The Labute approximate surface area is 77.9 Å². The van der Waals surface area contributed by atoms with Crippen LogP contribution in [0.5, 0.6) is 5.88 Å². The molecular weight excluding hydrogens is 166 g/mol. The van der Waals surface area contributed by atoms with Gasteiger partial charge in [0.1, 0.15) is 0 Å². The molecule has 0 bridgehead atoms. The minimum Gasteiger partial charge on any atom is -0.481 e. The molecule has 1 aromatic heterocycles. The number of rotatable bonds is 3. The minimum atomic E-state index is -0.140. The van der Waals surface area contributed by atoms with Crippen molar-refractivity contribution in [2.75, 3.05) is 13.7 Å². The molecule has 4 heteroatoms. The molecule has 72 valence electrons. The van der Waals surface area contributed by atoms with Crippen LogP contribution in [0.15, 0.2) is 12.1 Å². The third-order valence-electron chi connectivity index (χ3n) is 1.96. The first-order valence-electron chi connectivity index (χ1n) is 4.16. The topological polar surface area (TPSA) is 74.2 Å². The summed E-state index contributed by atoms with van der Waals surface area (Å²) in [5, 5.41) is 0. The Bertz CT molecular complexity index is 288. The Hall–Kier alpha value is -1.13. The summed E-state index contributed by atoms with van der Waals surface area (Å²) in [6.45, 7) is 2.32. The maximum atomic E-state index is 5.78. The summed E-state index contributed by atoms with van der Waals surface area (Å²) in [6.07, 6.45) is 0. The average molecular weight is 181 g/mol. The monoisotopic (exact) mass is 181 g/mol. The van der Waals surface area contributed by atoms with E-state index in [0.29, 0.717) is 12.4 Å². The van der Waals surface area contributed by atoms with Crippen molar-refractivity contribution in [1.82, 2.24) is 4.98 Å².